The van der Waals surface area contributed by atoms with Gasteiger partial charge in [0, 0.05) is 25.3 Å². The van der Waals surface area contributed by atoms with Crippen molar-refractivity contribution in [3.8, 4) is 11.5 Å². The number of aryl methyl sites for hydroxylation is 1. The second-order valence-corrected chi connectivity index (χ2v) is 10.7. The largest absolute Gasteiger partial charge is 0.507 e. The number of hydrogen-bond acceptors (Lipinski definition) is 6. The van der Waals surface area contributed by atoms with E-state index in [0.29, 0.717) is 41.5 Å². The molecule has 43 heavy (non-hydrogen) atoms. The molecule has 1 aliphatic rings. The Morgan fingerprint density at radius 2 is 1.56 bits per heavy atom. The van der Waals surface area contributed by atoms with Crippen LogP contribution in [0, 0.1) is 6.92 Å². The fourth-order valence-electron chi connectivity index (χ4n) is 5.19. The first-order chi connectivity index (χ1) is 20.8. The summed E-state index contributed by atoms with van der Waals surface area (Å²) in [7, 11) is 3.88. The summed E-state index contributed by atoms with van der Waals surface area (Å²) < 4.78 is 12.0. The third-order valence-corrected chi connectivity index (χ3v) is 7.44. The van der Waals surface area contributed by atoms with Crippen LogP contribution in [-0.4, -0.2) is 37.5 Å². The Hall–Kier alpha value is -5.04. The van der Waals surface area contributed by atoms with Gasteiger partial charge in [-0.15, -0.1) is 0 Å². The van der Waals surface area contributed by atoms with Crippen molar-refractivity contribution in [3.63, 3.8) is 0 Å². The average molecular weight is 577 g/mol. The van der Waals surface area contributed by atoms with Gasteiger partial charge in [-0.2, -0.15) is 0 Å². The first-order valence-corrected chi connectivity index (χ1v) is 14.4. The molecule has 1 aliphatic heterocycles. The monoisotopic (exact) mass is 576 g/mol. The minimum Gasteiger partial charge on any atom is -0.507 e. The van der Waals surface area contributed by atoms with Gasteiger partial charge < -0.3 is 19.5 Å². The molecule has 1 heterocycles. The quantitative estimate of drug-likeness (QED) is 0.124. The molecule has 4 aromatic carbocycles. The van der Waals surface area contributed by atoms with Crippen LogP contribution in [-0.2, 0) is 16.2 Å². The van der Waals surface area contributed by atoms with E-state index in [1.807, 2.05) is 93.5 Å². The zero-order chi connectivity index (χ0) is 30.5. The maximum absolute atomic E-state index is 13.7. The Kier molecular flexibility index (Phi) is 8.81. The Balaban J connectivity index is 1.58. The van der Waals surface area contributed by atoms with E-state index in [-0.39, 0.29) is 11.3 Å². The summed E-state index contributed by atoms with van der Waals surface area (Å²) in [5.41, 5.74) is 4.40. The molecule has 7 nitrogen and oxygen atoms in total. The van der Waals surface area contributed by atoms with E-state index < -0.39 is 17.7 Å². The lowest BCUT2D eigenvalue weighted by atomic mass is 9.94. The molecule has 1 saturated heterocycles. The normalized spacial score (nSPS) is 15.9. The molecule has 0 aromatic heterocycles. The van der Waals surface area contributed by atoms with Crippen molar-refractivity contribution in [2.24, 2.45) is 0 Å². The van der Waals surface area contributed by atoms with Crippen LogP contribution in [0.1, 0.15) is 41.6 Å². The number of aliphatic hydroxyl groups is 1. The first-order valence-electron chi connectivity index (χ1n) is 14.4. The van der Waals surface area contributed by atoms with E-state index in [1.165, 1.54) is 4.90 Å². The number of para-hydroxylation sites is 2. The summed E-state index contributed by atoms with van der Waals surface area (Å²) in [6.07, 6.45) is 0.785. The Morgan fingerprint density at radius 3 is 2.23 bits per heavy atom. The predicted octanol–water partition coefficient (Wildman–Crippen LogP) is 7.06. The van der Waals surface area contributed by atoms with Crippen molar-refractivity contribution < 1.29 is 24.2 Å². The number of amides is 1. The van der Waals surface area contributed by atoms with Gasteiger partial charge in [0.15, 0.2) is 0 Å². The van der Waals surface area contributed by atoms with E-state index in [0.717, 1.165) is 23.2 Å². The number of benzene rings is 4. The molecular formula is C36H36N2O5. The first kappa shape index (κ1) is 29.5. The highest BCUT2D eigenvalue weighted by Crippen LogP contribution is 2.45. The molecule has 1 amide bonds. The molecule has 5 rings (SSSR count). The smallest absolute Gasteiger partial charge is 0.300 e. The number of nitrogens with zero attached hydrogens (tertiary/aromatic N) is 2. The van der Waals surface area contributed by atoms with Crippen molar-refractivity contribution in [2.45, 2.75) is 32.9 Å². The second-order valence-electron chi connectivity index (χ2n) is 10.7. The summed E-state index contributed by atoms with van der Waals surface area (Å²) in [4.78, 5) is 30.9. The number of ether oxygens (including phenoxy) is 2. The van der Waals surface area contributed by atoms with Gasteiger partial charge in [0.1, 0.15) is 23.9 Å². The molecule has 1 fully saturated rings. The Labute approximate surface area is 252 Å². The number of carbonyl (C=O) groups excluding carboxylic acids is 2. The number of Topliss-reactive ketones (excluding diaryl/α,β-unsaturated/α-hetero) is 1. The third-order valence-electron chi connectivity index (χ3n) is 7.44. The van der Waals surface area contributed by atoms with Crippen LogP contribution in [0.3, 0.4) is 0 Å². The van der Waals surface area contributed by atoms with Crippen molar-refractivity contribution in [3.05, 3.63) is 125 Å². The maximum atomic E-state index is 13.7. The molecule has 4 aromatic rings. The minimum atomic E-state index is -0.864. The van der Waals surface area contributed by atoms with Crippen LogP contribution in [0.2, 0.25) is 0 Å². The molecule has 0 bridgehead atoms. The van der Waals surface area contributed by atoms with Gasteiger partial charge in [0.25, 0.3) is 11.7 Å². The van der Waals surface area contributed by atoms with Crippen molar-refractivity contribution >= 4 is 28.8 Å². The lowest BCUT2D eigenvalue weighted by Crippen LogP contribution is -2.30. The van der Waals surface area contributed by atoms with Crippen LogP contribution in [0.25, 0.3) is 5.76 Å². The van der Waals surface area contributed by atoms with E-state index in [9.17, 15) is 14.7 Å². The molecule has 0 saturated carbocycles. The number of carbonyl (C=O) groups is 2. The van der Waals surface area contributed by atoms with E-state index in [2.05, 4.69) is 0 Å². The fourth-order valence-corrected chi connectivity index (χ4v) is 5.19. The van der Waals surface area contributed by atoms with Crippen LogP contribution in [0.4, 0.5) is 11.4 Å². The number of anilines is 2. The summed E-state index contributed by atoms with van der Waals surface area (Å²) in [5, 5.41) is 11.7. The second kappa shape index (κ2) is 12.9. The number of aliphatic hydroxyl groups excluding tert-OH is 1. The van der Waals surface area contributed by atoms with Crippen molar-refractivity contribution in [1.29, 1.82) is 0 Å². The molecule has 1 unspecified atom stereocenters. The van der Waals surface area contributed by atoms with Gasteiger partial charge in [0.05, 0.1) is 23.9 Å². The van der Waals surface area contributed by atoms with Crippen LogP contribution >= 0.6 is 0 Å². The van der Waals surface area contributed by atoms with Gasteiger partial charge >= 0.3 is 0 Å². The molecule has 1 N–H and O–H groups in total. The molecule has 1 atom stereocenters. The fraction of sp³-hybridized carbons (Fsp3) is 0.222. The highest BCUT2D eigenvalue weighted by atomic mass is 16.5. The standard InChI is InChI=1S/C36H36N2O5/c1-5-21-42-31-14-10-9-13-29(31)38-33(26-15-18-28(19-16-26)37(3)4)32(35(40)36(38)41)34(39)27-17-20-30(24(2)22-27)43-23-25-11-7-6-8-12-25/h6-20,22,33,39H,5,21,23H2,1-4H3/b34-32-. The third kappa shape index (κ3) is 6.11. The van der Waals surface area contributed by atoms with Crippen molar-refractivity contribution in [2.75, 3.05) is 30.5 Å². The summed E-state index contributed by atoms with van der Waals surface area (Å²) >= 11 is 0. The van der Waals surface area contributed by atoms with Crippen LogP contribution in [0.15, 0.2) is 103 Å². The zero-order valence-corrected chi connectivity index (χ0v) is 24.9. The van der Waals surface area contributed by atoms with Crippen LogP contribution < -0.4 is 19.3 Å². The van der Waals surface area contributed by atoms with E-state index in [4.69, 9.17) is 9.47 Å². The number of ketones is 1. The molecule has 220 valence electrons. The van der Waals surface area contributed by atoms with E-state index >= 15 is 0 Å². The van der Waals surface area contributed by atoms with Crippen molar-refractivity contribution in [1.82, 2.24) is 0 Å². The Morgan fingerprint density at radius 1 is 0.860 bits per heavy atom. The Bertz CT molecular complexity index is 1640. The van der Waals surface area contributed by atoms with Crippen LogP contribution in [0.5, 0.6) is 11.5 Å². The van der Waals surface area contributed by atoms with Gasteiger partial charge in [-0.3, -0.25) is 14.5 Å². The SMILES string of the molecule is CCCOc1ccccc1N1C(=O)C(=O)/C(=C(\O)c2ccc(OCc3ccccc3)c(C)c2)C1c1ccc(N(C)C)cc1. The highest BCUT2D eigenvalue weighted by molar-refractivity contribution is 6.52. The minimum absolute atomic E-state index is 0.0188. The van der Waals surface area contributed by atoms with Gasteiger partial charge in [-0.25, -0.2) is 0 Å². The number of hydrogen-bond donors (Lipinski definition) is 1. The topological polar surface area (TPSA) is 79.3 Å². The molecular weight excluding hydrogens is 540 g/mol. The molecule has 0 radical (unpaired) electrons. The zero-order valence-electron chi connectivity index (χ0n) is 24.9. The van der Waals surface area contributed by atoms with Gasteiger partial charge in [-0.1, -0.05) is 61.5 Å². The maximum Gasteiger partial charge on any atom is 0.300 e. The lowest BCUT2D eigenvalue weighted by Gasteiger charge is -2.27. The number of rotatable bonds is 10. The molecule has 0 aliphatic carbocycles. The summed E-state index contributed by atoms with van der Waals surface area (Å²) in [5.74, 6) is -0.565. The van der Waals surface area contributed by atoms with Gasteiger partial charge in [-0.05, 0) is 72.5 Å². The predicted molar refractivity (Wildman–Crippen MR) is 170 cm³/mol. The molecule has 0 spiro atoms. The summed E-state index contributed by atoms with van der Waals surface area (Å²) in [6, 6.07) is 29.1. The lowest BCUT2D eigenvalue weighted by molar-refractivity contribution is -0.132. The average Bonchev–Trinajstić information content (AvgIpc) is 3.29. The highest BCUT2D eigenvalue weighted by Gasteiger charge is 2.47. The molecule has 7 heteroatoms. The summed E-state index contributed by atoms with van der Waals surface area (Å²) in [6.45, 7) is 4.75. The van der Waals surface area contributed by atoms with Gasteiger partial charge in [0.2, 0.25) is 0 Å². The van der Waals surface area contributed by atoms with E-state index in [1.54, 1.807) is 36.4 Å².